The van der Waals surface area contributed by atoms with Crippen LogP contribution >= 0.6 is 0 Å². The zero-order valence-electron chi connectivity index (χ0n) is 11.5. The fourth-order valence-electron chi connectivity index (χ4n) is 2.63. The average Bonchev–Trinajstić information content (AvgIpc) is 2.28. The molecule has 0 saturated carbocycles. The summed E-state index contributed by atoms with van der Waals surface area (Å²) in [6.45, 7) is 8.83. The van der Waals surface area contributed by atoms with Crippen LogP contribution in [0.25, 0.3) is 0 Å². The molecule has 0 bridgehead atoms. The van der Waals surface area contributed by atoms with E-state index in [2.05, 4.69) is 29.8 Å². The Hall–Kier alpha value is -0.970. The van der Waals surface area contributed by atoms with Crippen LogP contribution in [0.3, 0.4) is 0 Å². The first-order valence-electron chi connectivity index (χ1n) is 6.54. The first kappa shape index (κ1) is 13.5. The van der Waals surface area contributed by atoms with Gasteiger partial charge < -0.3 is 10.5 Å². The SMILES string of the molecule is CC(N)C(c1ccccn1)N1CCOC(C)(C)C1. The van der Waals surface area contributed by atoms with Gasteiger partial charge in [-0.3, -0.25) is 9.88 Å². The number of hydrogen-bond acceptors (Lipinski definition) is 4. The van der Waals surface area contributed by atoms with Crippen LogP contribution in [0.4, 0.5) is 0 Å². The van der Waals surface area contributed by atoms with Crippen LogP contribution in [-0.2, 0) is 4.74 Å². The van der Waals surface area contributed by atoms with Crippen LogP contribution in [0.1, 0.15) is 32.5 Å². The average molecular weight is 249 g/mol. The van der Waals surface area contributed by atoms with Gasteiger partial charge in [-0.15, -0.1) is 0 Å². The highest BCUT2D eigenvalue weighted by Crippen LogP contribution is 2.27. The number of aromatic nitrogens is 1. The summed E-state index contributed by atoms with van der Waals surface area (Å²) in [5.74, 6) is 0. The second-order valence-corrected chi connectivity index (χ2v) is 5.64. The summed E-state index contributed by atoms with van der Waals surface area (Å²) in [6.07, 6.45) is 1.83. The molecule has 1 saturated heterocycles. The second-order valence-electron chi connectivity index (χ2n) is 5.64. The molecule has 18 heavy (non-hydrogen) atoms. The molecule has 2 rings (SSSR count). The molecule has 1 aromatic rings. The second kappa shape index (κ2) is 5.34. The lowest BCUT2D eigenvalue weighted by molar-refractivity contribution is -0.0999. The quantitative estimate of drug-likeness (QED) is 0.883. The van der Waals surface area contributed by atoms with E-state index in [4.69, 9.17) is 10.5 Å². The molecule has 0 amide bonds. The van der Waals surface area contributed by atoms with Crippen molar-refractivity contribution in [2.75, 3.05) is 19.7 Å². The number of morpholine rings is 1. The molecule has 1 aliphatic heterocycles. The molecule has 0 spiro atoms. The van der Waals surface area contributed by atoms with E-state index in [0.29, 0.717) is 0 Å². The van der Waals surface area contributed by atoms with E-state index >= 15 is 0 Å². The largest absolute Gasteiger partial charge is 0.373 e. The van der Waals surface area contributed by atoms with Crippen molar-refractivity contribution in [3.63, 3.8) is 0 Å². The van der Waals surface area contributed by atoms with Crippen LogP contribution in [0, 0.1) is 0 Å². The van der Waals surface area contributed by atoms with Crippen LogP contribution in [0.15, 0.2) is 24.4 Å². The monoisotopic (exact) mass is 249 g/mol. The predicted molar refractivity (Wildman–Crippen MR) is 72.2 cm³/mol. The summed E-state index contributed by atoms with van der Waals surface area (Å²) >= 11 is 0. The Labute approximate surface area is 109 Å². The molecular weight excluding hydrogens is 226 g/mol. The number of ether oxygens (including phenoxy) is 1. The molecule has 0 aromatic carbocycles. The van der Waals surface area contributed by atoms with E-state index in [-0.39, 0.29) is 17.7 Å². The number of pyridine rings is 1. The minimum absolute atomic E-state index is 0.0498. The van der Waals surface area contributed by atoms with Crippen molar-refractivity contribution in [1.29, 1.82) is 0 Å². The zero-order chi connectivity index (χ0) is 13.2. The van der Waals surface area contributed by atoms with Crippen molar-refractivity contribution >= 4 is 0 Å². The molecule has 1 fully saturated rings. The van der Waals surface area contributed by atoms with Gasteiger partial charge in [0.15, 0.2) is 0 Å². The van der Waals surface area contributed by atoms with Crippen LogP contribution in [-0.4, -0.2) is 41.2 Å². The van der Waals surface area contributed by atoms with Gasteiger partial charge in [-0.05, 0) is 32.9 Å². The molecule has 0 radical (unpaired) electrons. The van der Waals surface area contributed by atoms with E-state index < -0.39 is 0 Å². The maximum atomic E-state index is 6.17. The van der Waals surface area contributed by atoms with Crippen molar-refractivity contribution in [3.8, 4) is 0 Å². The van der Waals surface area contributed by atoms with Gasteiger partial charge in [0.1, 0.15) is 0 Å². The number of nitrogens with zero attached hydrogens (tertiary/aromatic N) is 2. The Balaban J connectivity index is 2.21. The smallest absolute Gasteiger partial charge is 0.0753 e. The van der Waals surface area contributed by atoms with Crippen molar-refractivity contribution in [3.05, 3.63) is 30.1 Å². The summed E-state index contributed by atoms with van der Waals surface area (Å²) in [5, 5.41) is 0. The van der Waals surface area contributed by atoms with Gasteiger partial charge in [-0.2, -0.15) is 0 Å². The molecule has 4 nitrogen and oxygen atoms in total. The molecule has 2 unspecified atom stereocenters. The van der Waals surface area contributed by atoms with Crippen LogP contribution in [0.5, 0.6) is 0 Å². The Kier molecular flexibility index (Phi) is 4.00. The number of nitrogens with two attached hydrogens (primary N) is 1. The van der Waals surface area contributed by atoms with E-state index in [0.717, 1.165) is 25.4 Å². The van der Waals surface area contributed by atoms with Crippen LogP contribution in [0.2, 0.25) is 0 Å². The maximum Gasteiger partial charge on any atom is 0.0753 e. The van der Waals surface area contributed by atoms with Crippen molar-refractivity contribution in [2.45, 2.75) is 38.5 Å². The maximum absolute atomic E-state index is 6.17. The fraction of sp³-hybridized carbons (Fsp3) is 0.643. The fourth-order valence-corrected chi connectivity index (χ4v) is 2.63. The lowest BCUT2D eigenvalue weighted by Crippen LogP contribution is -2.52. The Morgan fingerprint density at radius 2 is 2.22 bits per heavy atom. The summed E-state index contributed by atoms with van der Waals surface area (Å²) in [6, 6.07) is 6.22. The third-order valence-corrected chi connectivity index (χ3v) is 3.34. The molecule has 1 aliphatic rings. The summed E-state index contributed by atoms with van der Waals surface area (Å²) in [4.78, 5) is 6.85. The topological polar surface area (TPSA) is 51.4 Å². The highest BCUT2D eigenvalue weighted by molar-refractivity contribution is 5.11. The van der Waals surface area contributed by atoms with E-state index in [9.17, 15) is 0 Å². The van der Waals surface area contributed by atoms with E-state index in [1.807, 2.05) is 25.3 Å². The molecule has 2 atom stereocenters. The molecule has 0 aliphatic carbocycles. The van der Waals surface area contributed by atoms with Crippen molar-refractivity contribution < 1.29 is 4.74 Å². The van der Waals surface area contributed by atoms with Gasteiger partial charge in [0.05, 0.1) is 23.9 Å². The Bertz CT molecular complexity index is 378. The number of rotatable bonds is 3. The summed E-state index contributed by atoms with van der Waals surface area (Å²) in [5.41, 5.74) is 7.10. The van der Waals surface area contributed by atoms with Crippen LogP contribution < -0.4 is 5.73 Å². The van der Waals surface area contributed by atoms with Crippen molar-refractivity contribution in [2.24, 2.45) is 5.73 Å². The summed E-state index contributed by atoms with van der Waals surface area (Å²) in [7, 11) is 0. The highest BCUT2D eigenvalue weighted by Gasteiger charge is 2.33. The molecule has 2 heterocycles. The first-order chi connectivity index (χ1) is 8.49. The summed E-state index contributed by atoms with van der Waals surface area (Å²) < 4.78 is 5.76. The van der Waals surface area contributed by atoms with Crippen molar-refractivity contribution in [1.82, 2.24) is 9.88 Å². The third kappa shape index (κ3) is 3.07. The zero-order valence-corrected chi connectivity index (χ0v) is 11.5. The lowest BCUT2D eigenvalue weighted by atomic mass is 10.00. The minimum atomic E-state index is -0.111. The molecule has 1 aromatic heterocycles. The normalized spacial score (nSPS) is 23.6. The number of hydrogen-bond donors (Lipinski definition) is 1. The van der Waals surface area contributed by atoms with E-state index in [1.54, 1.807) is 0 Å². The highest BCUT2D eigenvalue weighted by atomic mass is 16.5. The van der Waals surface area contributed by atoms with Gasteiger partial charge in [-0.1, -0.05) is 6.07 Å². The molecular formula is C14H23N3O. The molecule has 100 valence electrons. The third-order valence-electron chi connectivity index (χ3n) is 3.34. The minimum Gasteiger partial charge on any atom is -0.373 e. The molecule has 2 N–H and O–H groups in total. The van der Waals surface area contributed by atoms with Gasteiger partial charge >= 0.3 is 0 Å². The van der Waals surface area contributed by atoms with Gasteiger partial charge in [0.25, 0.3) is 0 Å². The standard InChI is InChI=1S/C14H23N3O/c1-11(15)13(12-6-4-5-7-16-12)17-8-9-18-14(2,3)10-17/h4-7,11,13H,8-10,15H2,1-3H3. The lowest BCUT2D eigenvalue weighted by Gasteiger charge is -2.43. The first-order valence-corrected chi connectivity index (χ1v) is 6.54. The Morgan fingerprint density at radius 3 is 2.78 bits per heavy atom. The Morgan fingerprint density at radius 1 is 1.44 bits per heavy atom. The van der Waals surface area contributed by atoms with Gasteiger partial charge in [0.2, 0.25) is 0 Å². The van der Waals surface area contributed by atoms with Gasteiger partial charge in [0, 0.05) is 25.3 Å². The van der Waals surface area contributed by atoms with Gasteiger partial charge in [-0.25, -0.2) is 0 Å². The van der Waals surface area contributed by atoms with E-state index in [1.165, 1.54) is 0 Å². The molecule has 4 heteroatoms. The predicted octanol–water partition coefficient (Wildman–Crippen LogP) is 1.58.